The third-order valence-electron chi connectivity index (χ3n) is 5.88. The van der Waals surface area contributed by atoms with Gasteiger partial charge in [0.05, 0.1) is 12.8 Å². The molecule has 0 fully saturated rings. The van der Waals surface area contributed by atoms with Gasteiger partial charge in [-0.2, -0.15) is 0 Å². The first-order chi connectivity index (χ1) is 17.8. The number of benzene rings is 3. The van der Waals surface area contributed by atoms with E-state index in [1.807, 2.05) is 86.1 Å². The van der Waals surface area contributed by atoms with E-state index in [-0.39, 0.29) is 24.3 Å². The minimum absolute atomic E-state index is 0.0928. The number of hydrogen-bond acceptors (Lipinski definition) is 4. The Kier molecular flexibility index (Phi) is 8.03. The molecule has 1 aromatic heterocycles. The Balaban J connectivity index is 1.59. The normalized spacial score (nSPS) is 10.8. The molecule has 4 rings (SSSR count). The molecule has 0 spiro atoms. The van der Waals surface area contributed by atoms with E-state index in [1.165, 1.54) is 0 Å². The number of anilines is 1. The van der Waals surface area contributed by atoms with Crippen molar-refractivity contribution in [2.45, 2.75) is 20.8 Å². The number of amides is 2. The van der Waals surface area contributed by atoms with Crippen molar-refractivity contribution >= 4 is 17.8 Å². The molecular weight excluding hydrogens is 464 g/mol. The van der Waals surface area contributed by atoms with Crippen molar-refractivity contribution in [3.05, 3.63) is 96.2 Å². The highest BCUT2D eigenvalue weighted by Gasteiger charge is 2.22. The molecule has 2 amide bonds. The van der Waals surface area contributed by atoms with Gasteiger partial charge in [-0.1, -0.05) is 61.9 Å². The summed E-state index contributed by atoms with van der Waals surface area (Å²) >= 11 is 0. The lowest BCUT2D eigenvalue weighted by molar-refractivity contribution is -0.117. The van der Waals surface area contributed by atoms with Crippen molar-refractivity contribution in [1.29, 1.82) is 0 Å². The molecule has 0 aliphatic carbocycles. The Morgan fingerprint density at radius 2 is 1.65 bits per heavy atom. The van der Waals surface area contributed by atoms with Crippen LogP contribution in [0.3, 0.4) is 0 Å². The smallest absolute Gasteiger partial charge is 0.254 e. The summed E-state index contributed by atoms with van der Waals surface area (Å²) in [6.45, 7) is 6.41. The average Bonchev–Trinajstić information content (AvgIpc) is 3.32. The summed E-state index contributed by atoms with van der Waals surface area (Å²) in [4.78, 5) is 32.8. The number of imidazole rings is 1. The van der Waals surface area contributed by atoms with Crippen LogP contribution in [-0.4, -0.2) is 46.5 Å². The Hall–Kier alpha value is -4.39. The zero-order valence-electron chi connectivity index (χ0n) is 21.6. The Labute approximate surface area is 217 Å². The molecule has 0 bridgehead atoms. The molecule has 0 unspecified atom stereocenters. The van der Waals surface area contributed by atoms with Crippen LogP contribution in [0.15, 0.2) is 85.1 Å². The van der Waals surface area contributed by atoms with Crippen LogP contribution in [-0.2, 0) is 4.79 Å². The highest BCUT2D eigenvalue weighted by Crippen LogP contribution is 2.24. The molecule has 7 heteroatoms. The molecule has 0 aliphatic heterocycles. The number of nitrogens with one attached hydrogen (secondary N) is 1. The van der Waals surface area contributed by atoms with E-state index in [4.69, 9.17) is 9.72 Å². The van der Waals surface area contributed by atoms with Gasteiger partial charge in [0, 0.05) is 29.6 Å². The standard InChI is InChI=1S/C30H32N4O3/c1-21(2)18-33(29(36)24-12-16-26(37-4)17-13-24)20-28(35)32-30-31-27(23-8-6-5-7-9-23)19-34(30)25-14-10-22(3)11-15-25/h5-17,19,21H,18,20H2,1-4H3,(H,31,32,35). The number of aryl methyl sites for hydroxylation is 1. The van der Waals surface area contributed by atoms with Gasteiger partial charge >= 0.3 is 0 Å². The summed E-state index contributed by atoms with van der Waals surface area (Å²) in [5, 5.41) is 2.94. The molecule has 37 heavy (non-hydrogen) atoms. The molecule has 1 heterocycles. The number of nitrogens with zero attached hydrogens (tertiary/aromatic N) is 3. The molecule has 3 aromatic carbocycles. The van der Waals surface area contributed by atoms with Crippen molar-refractivity contribution in [1.82, 2.24) is 14.5 Å². The third-order valence-corrected chi connectivity index (χ3v) is 5.88. The first-order valence-corrected chi connectivity index (χ1v) is 12.3. The predicted molar refractivity (Wildman–Crippen MR) is 146 cm³/mol. The van der Waals surface area contributed by atoms with E-state index in [2.05, 4.69) is 5.32 Å². The van der Waals surface area contributed by atoms with Gasteiger partial charge in [0.1, 0.15) is 12.3 Å². The Morgan fingerprint density at radius 1 is 0.973 bits per heavy atom. The number of aromatic nitrogens is 2. The molecular formula is C30H32N4O3. The first-order valence-electron chi connectivity index (χ1n) is 12.3. The van der Waals surface area contributed by atoms with Crippen molar-refractivity contribution in [3.63, 3.8) is 0 Å². The quantitative estimate of drug-likeness (QED) is 0.328. The van der Waals surface area contributed by atoms with E-state index in [9.17, 15) is 9.59 Å². The van der Waals surface area contributed by atoms with Crippen LogP contribution >= 0.6 is 0 Å². The fourth-order valence-corrected chi connectivity index (χ4v) is 4.03. The van der Waals surface area contributed by atoms with E-state index in [1.54, 1.807) is 36.3 Å². The lowest BCUT2D eigenvalue weighted by Gasteiger charge is -2.24. The largest absolute Gasteiger partial charge is 0.497 e. The van der Waals surface area contributed by atoms with Gasteiger partial charge in [0.25, 0.3) is 5.91 Å². The number of carbonyl (C=O) groups is 2. The van der Waals surface area contributed by atoms with Crippen molar-refractivity contribution < 1.29 is 14.3 Å². The number of hydrogen-bond donors (Lipinski definition) is 1. The van der Waals surface area contributed by atoms with E-state index in [0.717, 1.165) is 22.5 Å². The van der Waals surface area contributed by atoms with Gasteiger partial charge in [0.2, 0.25) is 11.9 Å². The minimum Gasteiger partial charge on any atom is -0.497 e. The summed E-state index contributed by atoms with van der Waals surface area (Å²) in [5.41, 5.74) is 4.20. The van der Waals surface area contributed by atoms with E-state index < -0.39 is 0 Å². The monoisotopic (exact) mass is 496 g/mol. The highest BCUT2D eigenvalue weighted by molar-refractivity contribution is 5.99. The number of methoxy groups -OCH3 is 1. The summed E-state index contributed by atoms with van der Waals surface area (Å²) in [6, 6.07) is 24.7. The fourth-order valence-electron chi connectivity index (χ4n) is 4.03. The molecule has 0 atom stereocenters. The molecule has 0 radical (unpaired) electrons. The topological polar surface area (TPSA) is 76.5 Å². The number of rotatable bonds is 9. The van der Waals surface area contributed by atoms with E-state index >= 15 is 0 Å². The summed E-state index contributed by atoms with van der Waals surface area (Å²) in [6.07, 6.45) is 1.91. The first kappa shape index (κ1) is 25.7. The molecule has 4 aromatic rings. The zero-order valence-corrected chi connectivity index (χ0v) is 21.6. The second-order valence-corrected chi connectivity index (χ2v) is 9.38. The van der Waals surface area contributed by atoms with Gasteiger partial charge in [0.15, 0.2) is 0 Å². The average molecular weight is 497 g/mol. The van der Waals surface area contributed by atoms with Gasteiger partial charge < -0.3 is 9.64 Å². The second-order valence-electron chi connectivity index (χ2n) is 9.38. The molecule has 0 saturated heterocycles. The minimum atomic E-state index is -0.318. The van der Waals surface area contributed by atoms with Crippen LogP contribution in [0.25, 0.3) is 16.9 Å². The lowest BCUT2D eigenvalue weighted by atomic mass is 10.1. The molecule has 7 nitrogen and oxygen atoms in total. The molecule has 0 saturated carbocycles. The highest BCUT2D eigenvalue weighted by atomic mass is 16.5. The van der Waals surface area contributed by atoms with Crippen molar-refractivity contribution in [3.8, 4) is 22.7 Å². The third kappa shape index (κ3) is 6.44. The number of carbonyl (C=O) groups excluding carboxylic acids is 2. The summed E-state index contributed by atoms with van der Waals surface area (Å²) < 4.78 is 7.05. The maximum Gasteiger partial charge on any atom is 0.254 e. The predicted octanol–water partition coefficient (Wildman–Crippen LogP) is 5.59. The van der Waals surface area contributed by atoms with Crippen molar-refractivity contribution in [2.75, 3.05) is 25.5 Å². The van der Waals surface area contributed by atoms with E-state index in [0.29, 0.717) is 23.8 Å². The van der Waals surface area contributed by atoms with Crippen molar-refractivity contribution in [2.24, 2.45) is 5.92 Å². The van der Waals surface area contributed by atoms with Gasteiger partial charge in [-0.05, 0) is 49.2 Å². The maximum absolute atomic E-state index is 13.3. The van der Waals surface area contributed by atoms with Crippen LogP contribution in [0.5, 0.6) is 5.75 Å². The van der Waals surface area contributed by atoms with Gasteiger partial charge in [-0.25, -0.2) is 4.98 Å². The van der Waals surface area contributed by atoms with Crippen LogP contribution < -0.4 is 10.1 Å². The number of ether oxygens (including phenoxy) is 1. The zero-order chi connectivity index (χ0) is 26.4. The fraction of sp³-hybridized carbons (Fsp3) is 0.233. The maximum atomic E-state index is 13.3. The molecule has 0 aliphatic rings. The molecule has 190 valence electrons. The SMILES string of the molecule is COc1ccc(C(=O)N(CC(=O)Nc2nc(-c3ccccc3)cn2-c2ccc(C)cc2)CC(C)C)cc1. The molecule has 1 N–H and O–H groups in total. The Bertz CT molecular complexity index is 1340. The Morgan fingerprint density at radius 3 is 2.27 bits per heavy atom. The van der Waals surface area contributed by atoms with Crippen LogP contribution in [0.4, 0.5) is 5.95 Å². The van der Waals surface area contributed by atoms with Crippen LogP contribution in [0, 0.1) is 12.8 Å². The van der Waals surface area contributed by atoms with Gasteiger partial charge in [-0.15, -0.1) is 0 Å². The summed E-state index contributed by atoms with van der Waals surface area (Å²) in [5.74, 6) is 0.727. The second kappa shape index (κ2) is 11.6. The summed E-state index contributed by atoms with van der Waals surface area (Å²) in [7, 11) is 1.58. The van der Waals surface area contributed by atoms with Crippen LogP contribution in [0.2, 0.25) is 0 Å². The van der Waals surface area contributed by atoms with Crippen LogP contribution in [0.1, 0.15) is 29.8 Å². The van der Waals surface area contributed by atoms with Gasteiger partial charge in [-0.3, -0.25) is 19.5 Å². The lowest BCUT2D eigenvalue weighted by Crippen LogP contribution is -2.40.